The van der Waals surface area contributed by atoms with Gasteiger partial charge in [-0.3, -0.25) is 9.78 Å². The van der Waals surface area contributed by atoms with Crippen molar-refractivity contribution in [3.05, 3.63) is 65.1 Å². The largest absolute Gasteiger partial charge is 0.471 e. The summed E-state index contributed by atoms with van der Waals surface area (Å²) in [4.78, 5) is 23.9. The Bertz CT molecular complexity index is 1230. The summed E-state index contributed by atoms with van der Waals surface area (Å²) in [5.41, 5.74) is 5.39. The van der Waals surface area contributed by atoms with E-state index in [1.165, 1.54) is 0 Å². The SMILES string of the molecule is CC1CCN(C(=O)c2ccc(-c3cncc(-c4ccnc5c4CCC(C)(C)O5)c3)c(Cl)c2)CC1. The third kappa shape index (κ3) is 4.54. The average Bonchev–Trinajstić information content (AvgIpc) is 2.83. The molecule has 2 aliphatic rings. The first kappa shape index (κ1) is 22.9. The van der Waals surface area contributed by atoms with Gasteiger partial charge in [0, 0.05) is 64.5 Å². The van der Waals surface area contributed by atoms with Crippen molar-refractivity contribution in [1.82, 2.24) is 14.9 Å². The molecule has 0 saturated carbocycles. The van der Waals surface area contributed by atoms with Gasteiger partial charge in [0.05, 0.1) is 0 Å². The summed E-state index contributed by atoms with van der Waals surface area (Å²) >= 11 is 6.69. The zero-order chi connectivity index (χ0) is 23.9. The molecular weight excluding hydrogens is 446 g/mol. The smallest absolute Gasteiger partial charge is 0.253 e. The number of halogens is 1. The fraction of sp³-hybridized carbons (Fsp3) is 0.393. The van der Waals surface area contributed by atoms with E-state index in [-0.39, 0.29) is 11.5 Å². The molecule has 0 N–H and O–H groups in total. The highest BCUT2D eigenvalue weighted by Crippen LogP contribution is 2.38. The second-order valence-electron chi connectivity index (χ2n) is 10.1. The Morgan fingerprint density at radius 2 is 1.82 bits per heavy atom. The number of aromatic nitrogens is 2. The fourth-order valence-corrected chi connectivity index (χ4v) is 5.11. The van der Waals surface area contributed by atoms with Crippen molar-refractivity contribution in [2.24, 2.45) is 5.92 Å². The van der Waals surface area contributed by atoms with Gasteiger partial charge in [0.2, 0.25) is 5.88 Å². The van der Waals surface area contributed by atoms with Gasteiger partial charge in [0.25, 0.3) is 5.91 Å². The average molecular weight is 476 g/mol. The number of amides is 1. The number of piperidine rings is 1. The molecule has 34 heavy (non-hydrogen) atoms. The van der Waals surface area contributed by atoms with Gasteiger partial charge >= 0.3 is 0 Å². The Morgan fingerprint density at radius 1 is 1.09 bits per heavy atom. The molecule has 2 aromatic heterocycles. The molecule has 5 rings (SSSR count). The van der Waals surface area contributed by atoms with Crippen molar-refractivity contribution in [3.63, 3.8) is 0 Å². The molecule has 0 radical (unpaired) electrons. The second-order valence-corrected chi connectivity index (χ2v) is 10.5. The topological polar surface area (TPSA) is 55.3 Å². The van der Waals surface area contributed by atoms with Gasteiger partial charge in [-0.25, -0.2) is 4.98 Å². The lowest BCUT2D eigenvalue weighted by Crippen LogP contribution is -2.37. The number of hydrogen-bond acceptors (Lipinski definition) is 4. The summed E-state index contributed by atoms with van der Waals surface area (Å²) in [5.74, 6) is 1.43. The molecule has 1 aromatic carbocycles. The Morgan fingerprint density at radius 3 is 2.56 bits per heavy atom. The maximum absolute atomic E-state index is 13.0. The lowest BCUT2D eigenvalue weighted by molar-refractivity contribution is 0.0697. The maximum Gasteiger partial charge on any atom is 0.253 e. The van der Waals surface area contributed by atoms with E-state index in [1.54, 1.807) is 12.3 Å². The highest BCUT2D eigenvalue weighted by molar-refractivity contribution is 6.33. The number of pyridine rings is 2. The highest BCUT2D eigenvalue weighted by Gasteiger charge is 2.29. The van der Waals surface area contributed by atoms with E-state index in [9.17, 15) is 4.79 Å². The van der Waals surface area contributed by atoms with Crippen molar-refractivity contribution >= 4 is 17.5 Å². The molecule has 4 heterocycles. The highest BCUT2D eigenvalue weighted by atomic mass is 35.5. The molecule has 0 atom stereocenters. The van der Waals surface area contributed by atoms with Gasteiger partial charge < -0.3 is 9.64 Å². The van der Waals surface area contributed by atoms with Crippen molar-refractivity contribution in [3.8, 4) is 28.1 Å². The van der Waals surface area contributed by atoms with E-state index in [1.807, 2.05) is 35.5 Å². The minimum Gasteiger partial charge on any atom is -0.471 e. The quantitative estimate of drug-likeness (QED) is 0.437. The minimum absolute atomic E-state index is 0.0542. The predicted octanol–water partition coefficient (Wildman–Crippen LogP) is 6.44. The van der Waals surface area contributed by atoms with Crippen LogP contribution in [0.15, 0.2) is 48.9 Å². The molecule has 0 bridgehead atoms. The molecule has 2 aliphatic heterocycles. The third-order valence-corrected chi connectivity index (χ3v) is 7.33. The number of hydrogen-bond donors (Lipinski definition) is 0. The predicted molar refractivity (Wildman–Crippen MR) is 135 cm³/mol. The van der Waals surface area contributed by atoms with Crippen LogP contribution in [0.5, 0.6) is 5.88 Å². The van der Waals surface area contributed by atoms with Gasteiger partial charge in [0.1, 0.15) is 5.60 Å². The zero-order valence-electron chi connectivity index (χ0n) is 20.0. The Hall–Kier alpha value is -2.92. The van der Waals surface area contributed by atoms with Gasteiger partial charge in [-0.15, -0.1) is 0 Å². The van der Waals surface area contributed by atoms with Gasteiger partial charge in [-0.2, -0.15) is 0 Å². The van der Waals surface area contributed by atoms with Crippen LogP contribution in [0, 0.1) is 5.92 Å². The van der Waals surface area contributed by atoms with E-state index in [0.717, 1.165) is 66.6 Å². The fourth-order valence-electron chi connectivity index (χ4n) is 4.82. The Labute approximate surface area is 206 Å². The summed E-state index contributed by atoms with van der Waals surface area (Å²) in [6.07, 6.45) is 9.41. The van der Waals surface area contributed by atoms with Crippen molar-refractivity contribution in [2.45, 2.75) is 52.1 Å². The molecule has 0 unspecified atom stereocenters. The van der Waals surface area contributed by atoms with E-state index in [0.29, 0.717) is 22.4 Å². The standard InChI is InChI=1S/C28H30ClN3O2/c1-18-8-12-32(13-9-18)27(33)19-4-5-23(25(29)15-19)21-14-20(16-30-17-21)22-7-11-31-26-24(22)6-10-28(2,3)34-26/h4-5,7,11,14-18H,6,8-10,12-13H2,1-3H3. The molecule has 1 saturated heterocycles. The van der Waals surface area contributed by atoms with Crippen molar-refractivity contribution in [1.29, 1.82) is 0 Å². The lowest BCUT2D eigenvalue weighted by Gasteiger charge is -2.32. The first-order chi connectivity index (χ1) is 16.3. The number of benzene rings is 1. The second kappa shape index (κ2) is 9.03. The summed E-state index contributed by atoms with van der Waals surface area (Å²) in [7, 11) is 0. The van der Waals surface area contributed by atoms with Gasteiger partial charge in [-0.05, 0) is 75.3 Å². The first-order valence-electron chi connectivity index (χ1n) is 12.0. The van der Waals surface area contributed by atoms with Crippen molar-refractivity contribution < 1.29 is 9.53 Å². The van der Waals surface area contributed by atoms with Crippen LogP contribution in [0.25, 0.3) is 22.3 Å². The van der Waals surface area contributed by atoms with E-state index < -0.39 is 0 Å². The molecule has 176 valence electrons. The van der Waals surface area contributed by atoms with E-state index in [2.05, 4.69) is 36.8 Å². The minimum atomic E-state index is -0.210. The normalized spacial score (nSPS) is 17.7. The molecule has 0 aliphatic carbocycles. The van der Waals surface area contributed by atoms with Crippen LogP contribution in [-0.4, -0.2) is 39.5 Å². The molecule has 3 aromatic rings. The first-order valence-corrected chi connectivity index (χ1v) is 12.4. The monoisotopic (exact) mass is 475 g/mol. The number of carbonyl (C=O) groups is 1. The summed E-state index contributed by atoms with van der Waals surface area (Å²) < 4.78 is 6.12. The number of ether oxygens (including phenoxy) is 1. The number of fused-ring (bicyclic) bond motifs is 1. The number of nitrogens with zero attached hydrogens (tertiary/aromatic N) is 3. The van der Waals surface area contributed by atoms with Crippen LogP contribution in [0.3, 0.4) is 0 Å². The number of likely N-dealkylation sites (tertiary alicyclic amines) is 1. The summed E-state index contributed by atoms with van der Waals surface area (Å²) in [6.45, 7) is 8.04. The van der Waals surface area contributed by atoms with Crippen LogP contribution in [0.2, 0.25) is 5.02 Å². The Kier molecular flexibility index (Phi) is 6.07. The maximum atomic E-state index is 13.0. The van der Waals surface area contributed by atoms with Crippen molar-refractivity contribution in [2.75, 3.05) is 13.1 Å². The zero-order valence-corrected chi connectivity index (χ0v) is 20.7. The van der Waals surface area contributed by atoms with Gasteiger partial charge in [-0.1, -0.05) is 24.6 Å². The molecule has 1 amide bonds. The van der Waals surface area contributed by atoms with E-state index in [4.69, 9.17) is 16.3 Å². The number of carbonyl (C=O) groups excluding carboxylic acids is 1. The molecule has 1 fully saturated rings. The van der Waals surface area contributed by atoms with E-state index >= 15 is 0 Å². The summed E-state index contributed by atoms with van der Waals surface area (Å²) in [6, 6.07) is 9.70. The Balaban J connectivity index is 1.43. The molecule has 5 nitrogen and oxygen atoms in total. The van der Waals surface area contributed by atoms with Crippen LogP contribution >= 0.6 is 11.6 Å². The molecular formula is C28H30ClN3O2. The third-order valence-electron chi connectivity index (χ3n) is 7.01. The van der Waals surface area contributed by atoms with Gasteiger partial charge in [0.15, 0.2) is 0 Å². The lowest BCUT2D eigenvalue weighted by atomic mass is 9.91. The van der Waals surface area contributed by atoms with Crippen LogP contribution in [0.1, 0.15) is 56.0 Å². The summed E-state index contributed by atoms with van der Waals surface area (Å²) in [5, 5.41) is 0.553. The van der Waals surface area contributed by atoms with Crippen LogP contribution in [-0.2, 0) is 6.42 Å². The molecule has 6 heteroatoms. The van der Waals surface area contributed by atoms with Crippen LogP contribution < -0.4 is 4.74 Å². The number of rotatable bonds is 3. The molecule has 0 spiro atoms. The van der Waals surface area contributed by atoms with Crippen LogP contribution in [0.4, 0.5) is 0 Å².